The van der Waals surface area contributed by atoms with E-state index in [1.807, 2.05) is 0 Å². The third kappa shape index (κ3) is 2.40. The molecule has 0 amide bonds. The minimum atomic E-state index is -1.19. The normalized spacial score (nSPS) is 37.2. The molecule has 0 aromatic heterocycles. The van der Waals surface area contributed by atoms with Gasteiger partial charge in [0, 0.05) is 18.7 Å². The molecule has 0 aromatic rings. The Hall–Kier alpha value is -1.19. The van der Waals surface area contributed by atoms with Crippen molar-refractivity contribution >= 4 is 5.90 Å². The van der Waals surface area contributed by atoms with E-state index in [-0.39, 0.29) is 18.9 Å². The van der Waals surface area contributed by atoms with Gasteiger partial charge in [-0.2, -0.15) is 10.9 Å². The average molecular weight is 245 g/mol. The zero-order valence-electron chi connectivity index (χ0n) is 9.01. The average Bonchev–Trinajstić information content (AvgIpc) is 2.70. The van der Waals surface area contributed by atoms with Crippen molar-refractivity contribution in [2.75, 3.05) is 6.61 Å². The zero-order valence-corrected chi connectivity index (χ0v) is 9.01. The molecule has 2 aliphatic heterocycles. The Labute approximate surface area is 97.5 Å². The van der Waals surface area contributed by atoms with E-state index >= 15 is 0 Å². The number of aliphatic imine (C=N–C) groups is 1. The van der Waals surface area contributed by atoms with Crippen LogP contribution in [0, 0.1) is 0 Å². The van der Waals surface area contributed by atoms with Crippen LogP contribution in [0.25, 0.3) is 0 Å². The van der Waals surface area contributed by atoms with Gasteiger partial charge in [0.15, 0.2) is 0 Å². The summed E-state index contributed by atoms with van der Waals surface area (Å²) >= 11 is 0. The van der Waals surface area contributed by atoms with E-state index < -0.39 is 24.8 Å². The van der Waals surface area contributed by atoms with Crippen LogP contribution in [0.3, 0.4) is 0 Å². The Bertz CT molecular complexity index is 335. The van der Waals surface area contributed by atoms with Gasteiger partial charge in [0.25, 0.3) is 0 Å². The van der Waals surface area contributed by atoms with E-state index in [0.29, 0.717) is 0 Å². The van der Waals surface area contributed by atoms with Gasteiger partial charge in [0.05, 0.1) is 12.7 Å². The van der Waals surface area contributed by atoms with E-state index in [2.05, 4.69) is 9.83 Å². The number of rotatable bonds is 2. The summed E-state index contributed by atoms with van der Waals surface area (Å²) in [6.45, 7) is -0.272. The Balaban J connectivity index is 2.01. The number of nitrogens with two attached hydrogens (primary N) is 1. The van der Waals surface area contributed by atoms with Gasteiger partial charge in [-0.3, -0.25) is 0 Å². The Morgan fingerprint density at radius 1 is 1.59 bits per heavy atom. The first-order chi connectivity index (χ1) is 8.15. The van der Waals surface area contributed by atoms with Crippen molar-refractivity contribution in [3.63, 3.8) is 0 Å². The van der Waals surface area contributed by atoms with Gasteiger partial charge in [-0.25, -0.2) is 0 Å². The fourth-order valence-electron chi connectivity index (χ4n) is 1.83. The maximum atomic E-state index is 9.70. The third-order valence-corrected chi connectivity index (χ3v) is 2.74. The van der Waals surface area contributed by atoms with Gasteiger partial charge in [-0.1, -0.05) is 0 Å². The van der Waals surface area contributed by atoms with Crippen molar-refractivity contribution in [3.8, 4) is 0 Å². The molecule has 4 atom stereocenters. The monoisotopic (exact) mass is 245 g/mol. The van der Waals surface area contributed by atoms with Gasteiger partial charge in [0.1, 0.15) is 12.3 Å². The largest absolute Gasteiger partial charge is 0.394 e. The molecule has 0 aromatic carbocycles. The highest BCUT2D eigenvalue weighted by Gasteiger charge is 2.38. The Morgan fingerprint density at radius 2 is 2.35 bits per heavy atom. The molecule has 5 N–H and O–H groups in total. The second-order valence-electron chi connectivity index (χ2n) is 3.81. The van der Waals surface area contributed by atoms with E-state index in [4.69, 9.17) is 15.7 Å². The molecule has 1 saturated heterocycles. The number of hydrogen-bond donors (Lipinski definition) is 4. The number of aliphatic hydroxyl groups excluding tert-OH is 3. The maximum Gasteiger partial charge on any atom is 0.238 e. The summed E-state index contributed by atoms with van der Waals surface area (Å²) in [6, 6.07) is 0. The molecule has 2 heterocycles. The SMILES string of the molecule is NOC1=NC(O)N([C@H]2C[C@@H](O)[C@@H](CO)O2)C=C1. The van der Waals surface area contributed by atoms with E-state index in [9.17, 15) is 10.2 Å². The van der Waals surface area contributed by atoms with Crippen molar-refractivity contribution < 1.29 is 24.9 Å². The van der Waals surface area contributed by atoms with Crippen molar-refractivity contribution in [3.05, 3.63) is 12.3 Å². The van der Waals surface area contributed by atoms with Crippen LogP contribution in [0.2, 0.25) is 0 Å². The predicted octanol–water partition coefficient (Wildman–Crippen LogP) is -2.15. The molecule has 2 rings (SSSR count). The molecule has 1 unspecified atom stereocenters. The van der Waals surface area contributed by atoms with Crippen LogP contribution in [0.1, 0.15) is 6.42 Å². The van der Waals surface area contributed by atoms with E-state index in [0.717, 1.165) is 0 Å². The molecule has 0 aliphatic carbocycles. The second kappa shape index (κ2) is 4.98. The molecule has 0 saturated carbocycles. The first kappa shape index (κ1) is 12.3. The minimum Gasteiger partial charge on any atom is -0.394 e. The molecular formula is C9H15N3O5. The van der Waals surface area contributed by atoms with E-state index in [1.165, 1.54) is 17.2 Å². The first-order valence-corrected chi connectivity index (χ1v) is 5.18. The van der Waals surface area contributed by atoms with Gasteiger partial charge in [-0.15, -0.1) is 0 Å². The highest BCUT2D eigenvalue weighted by atomic mass is 16.6. The molecule has 1 fully saturated rings. The van der Waals surface area contributed by atoms with Crippen molar-refractivity contribution in [1.82, 2.24) is 4.90 Å². The molecule has 2 aliphatic rings. The Morgan fingerprint density at radius 3 is 2.88 bits per heavy atom. The molecule has 0 bridgehead atoms. The maximum absolute atomic E-state index is 9.70. The number of nitrogens with zero attached hydrogens (tertiary/aromatic N) is 2. The molecule has 17 heavy (non-hydrogen) atoms. The lowest BCUT2D eigenvalue weighted by atomic mass is 10.2. The van der Waals surface area contributed by atoms with Crippen LogP contribution < -0.4 is 5.90 Å². The number of ether oxygens (including phenoxy) is 1. The molecule has 8 nitrogen and oxygen atoms in total. The van der Waals surface area contributed by atoms with Crippen LogP contribution in [0.15, 0.2) is 17.3 Å². The zero-order chi connectivity index (χ0) is 12.4. The number of aliphatic hydroxyl groups is 3. The van der Waals surface area contributed by atoms with Crippen LogP contribution in [-0.2, 0) is 9.57 Å². The lowest BCUT2D eigenvalue weighted by molar-refractivity contribution is -0.110. The minimum absolute atomic E-state index is 0.103. The Kier molecular flexibility index (Phi) is 3.60. The quantitative estimate of drug-likeness (QED) is 0.409. The van der Waals surface area contributed by atoms with Gasteiger partial charge >= 0.3 is 0 Å². The fourth-order valence-corrected chi connectivity index (χ4v) is 1.83. The second-order valence-corrected chi connectivity index (χ2v) is 3.81. The summed E-state index contributed by atoms with van der Waals surface area (Å²) in [5.74, 6) is 5.02. The molecule has 96 valence electrons. The van der Waals surface area contributed by atoms with Gasteiger partial charge in [0.2, 0.25) is 12.2 Å². The topological polar surface area (TPSA) is 121 Å². The third-order valence-electron chi connectivity index (χ3n) is 2.74. The molecule has 0 spiro atoms. The first-order valence-electron chi connectivity index (χ1n) is 5.18. The highest BCUT2D eigenvalue weighted by molar-refractivity contribution is 5.87. The smallest absolute Gasteiger partial charge is 0.238 e. The summed E-state index contributed by atoms with van der Waals surface area (Å²) in [5, 5.41) is 28.2. The van der Waals surface area contributed by atoms with Gasteiger partial charge < -0.3 is 29.8 Å². The summed E-state index contributed by atoms with van der Waals surface area (Å²) in [7, 11) is 0. The highest BCUT2D eigenvalue weighted by Crippen LogP contribution is 2.25. The van der Waals surface area contributed by atoms with Crippen LogP contribution in [-0.4, -0.2) is 57.5 Å². The van der Waals surface area contributed by atoms with E-state index in [1.54, 1.807) is 0 Å². The van der Waals surface area contributed by atoms with Crippen LogP contribution in [0.4, 0.5) is 0 Å². The fraction of sp³-hybridized carbons (Fsp3) is 0.667. The standard InChI is InChI=1S/C9H15N3O5/c10-17-7-1-2-12(9(15)11-7)8-3-5(14)6(4-13)16-8/h1-2,5-6,8-9,13-15H,3-4,10H2/t5-,6-,8-,9?/m1/s1. The summed E-state index contributed by atoms with van der Waals surface area (Å²) < 4.78 is 5.37. The lowest BCUT2D eigenvalue weighted by Crippen LogP contribution is -2.41. The van der Waals surface area contributed by atoms with Gasteiger partial charge in [-0.05, 0) is 0 Å². The molecule has 8 heteroatoms. The van der Waals surface area contributed by atoms with Crippen molar-refractivity contribution in [1.29, 1.82) is 0 Å². The van der Waals surface area contributed by atoms with Crippen molar-refractivity contribution in [2.24, 2.45) is 10.9 Å². The number of hydrogen-bond acceptors (Lipinski definition) is 8. The molecular weight excluding hydrogens is 230 g/mol. The van der Waals surface area contributed by atoms with Crippen LogP contribution >= 0.6 is 0 Å². The summed E-state index contributed by atoms with van der Waals surface area (Å²) in [5.41, 5.74) is 0. The predicted molar refractivity (Wildman–Crippen MR) is 56.1 cm³/mol. The molecule has 0 radical (unpaired) electrons. The lowest BCUT2D eigenvalue weighted by Gasteiger charge is -2.31. The van der Waals surface area contributed by atoms with Crippen LogP contribution in [0.5, 0.6) is 0 Å². The summed E-state index contributed by atoms with van der Waals surface area (Å²) in [4.78, 5) is 9.53. The van der Waals surface area contributed by atoms with Crippen molar-refractivity contribution in [2.45, 2.75) is 31.2 Å². The summed E-state index contributed by atoms with van der Waals surface area (Å²) in [6.07, 6.45) is 0.121.